The van der Waals surface area contributed by atoms with Gasteiger partial charge in [0.1, 0.15) is 5.69 Å². The number of amides is 2. The van der Waals surface area contributed by atoms with Crippen LogP contribution in [0.3, 0.4) is 0 Å². The van der Waals surface area contributed by atoms with Gasteiger partial charge in [-0.2, -0.15) is 13.2 Å². The second kappa shape index (κ2) is 11.8. The standard InChI is InChI=1S/C33H25F3N6O4/c1-18-16-42(17-38-18)25-11-20(10-21(12-25)33(34,35)36)30(43)40-23-5-3-4-22(13-23)39-24-6-7-26-27(31(44)41-28(26)14-24)8-19-9-29(37-15-19)32(45)46-2/h3-17,37,39H,1-2H3,(H,40,43)(H,41,44)/b27-8-. The van der Waals surface area contributed by atoms with Crippen LogP contribution in [0.4, 0.5) is 35.9 Å². The predicted molar refractivity (Wildman–Crippen MR) is 166 cm³/mol. The lowest BCUT2D eigenvalue weighted by Crippen LogP contribution is -2.15. The van der Waals surface area contributed by atoms with Gasteiger partial charge in [0, 0.05) is 51.8 Å². The molecule has 46 heavy (non-hydrogen) atoms. The predicted octanol–water partition coefficient (Wildman–Crippen LogP) is 6.80. The van der Waals surface area contributed by atoms with E-state index in [4.69, 9.17) is 4.74 Å². The Kier molecular flexibility index (Phi) is 7.66. The van der Waals surface area contributed by atoms with Crippen molar-refractivity contribution in [1.82, 2.24) is 14.5 Å². The average Bonchev–Trinajstić information content (AvgIpc) is 3.75. The summed E-state index contributed by atoms with van der Waals surface area (Å²) in [7, 11) is 1.28. The third kappa shape index (κ3) is 6.24. The van der Waals surface area contributed by atoms with Crippen molar-refractivity contribution < 1.29 is 32.3 Å². The molecule has 0 radical (unpaired) electrons. The van der Waals surface area contributed by atoms with E-state index >= 15 is 0 Å². The number of hydrogen-bond donors (Lipinski definition) is 4. The van der Waals surface area contributed by atoms with Crippen LogP contribution in [0.1, 0.15) is 43.2 Å². The molecule has 5 aromatic rings. The Balaban J connectivity index is 1.19. The fourth-order valence-electron chi connectivity index (χ4n) is 4.97. The molecule has 0 saturated heterocycles. The van der Waals surface area contributed by atoms with Gasteiger partial charge in [0.25, 0.3) is 11.8 Å². The number of hydrogen-bond acceptors (Lipinski definition) is 6. The van der Waals surface area contributed by atoms with E-state index in [0.29, 0.717) is 45.1 Å². The first-order chi connectivity index (χ1) is 22.0. The van der Waals surface area contributed by atoms with Crippen LogP contribution in [0.2, 0.25) is 0 Å². The first kappa shape index (κ1) is 29.9. The Morgan fingerprint density at radius 1 is 1.00 bits per heavy atom. The highest BCUT2D eigenvalue weighted by atomic mass is 19.4. The van der Waals surface area contributed by atoms with Gasteiger partial charge in [-0.1, -0.05) is 12.1 Å². The summed E-state index contributed by atoms with van der Waals surface area (Å²) in [5.74, 6) is -1.55. The molecule has 0 fully saturated rings. The van der Waals surface area contributed by atoms with E-state index in [2.05, 4.69) is 25.9 Å². The minimum atomic E-state index is -4.66. The normalized spacial score (nSPS) is 13.3. The Bertz CT molecular complexity index is 2040. The van der Waals surface area contributed by atoms with E-state index in [0.717, 1.165) is 12.1 Å². The van der Waals surface area contributed by atoms with Crippen LogP contribution in [0.25, 0.3) is 17.3 Å². The number of H-pyrrole nitrogens is 1. The van der Waals surface area contributed by atoms with E-state index in [9.17, 15) is 27.6 Å². The van der Waals surface area contributed by atoms with Crippen molar-refractivity contribution in [2.75, 3.05) is 23.1 Å². The third-order valence-electron chi connectivity index (χ3n) is 7.15. The molecule has 0 atom stereocenters. The third-order valence-corrected chi connectivity index (χ3v) is 7.15. The zero-order chi connectivity index (χ0) is 32.6. The summed E-state index contributed by atoms with van der Waals surface area (Å²) in [5.41, 5.74) is 3.74. The van der Waals surface area contributed by atoms with Gasteiger partial charge in [0.2, 0.25) is 0 Å². The van der Waals surface area contributed by atoms with Crippen LogP contribution >= 0.6 is 0 Å². The van der Waals surface area contributed by atoms with Crippen LogP contribution in [0.5, 0.6) is 0 Å². The molecule has 1 aliphatic rings. The molecule has 4 N–H and O–H groups in total. The number of aryl methyl sites for hydroxylation is 1. The Morgan fingerprint density at radius 3 is 2.52 bits per heavy atom. The van der Waals surface area contributed by atoms with Crippen LogP contribution in [0.15, 0.2) is 85.5 Å². The summed E-state index contributed by atoms with van der Waals surface area (Å²) >= 11 is 0. The largest absolute Gasteiger partial charge is 0.464 e. The molecule has 2 aromatic heterocycles. The number of esters is 1. The Morgan fingerprint density at radius 2 is 1.78 bits per heavy atom. The second-order valence-electron chi connectivity index (χ2n) is 10.5. The maximum Gasteiger partial charge on any atom is 0.416 e. The number of methoxy groups -OCH3 is 1. The first-order valence-electron chi connectivity index (χ1n) is 13.8. The van der Waals surface area contributed by atoms with Gasteiger partial charge in [0.05, 0.1) is 30.4 Å². The minimum absolute atomic E-state index is 0.150. The zero-order valence-electron chi connectivity index (χ0n) is 24.3. The first-order valence-corrected chi connectivity index (χ1v) is 13.8. The highest BCUT2D eigenvalue weighted by Crippen LogP contribution is 2.36. The smallest absolute Gasteiger partial charge is 0.416 e. The number of carbonyl (C=O) groups excluding carboxylic acids is 3. The number of aromatic amines is 1. The van der Waals surface area contributed by atoms with Gasteiger partial charge in [-0.3, -0.25) is 9.59 Å². The molecular weight excluding hydrogens is 601 g/mol. The number of alkyl halides is 3. The van der Waals surface area contributed by atoms with E-state index < -0.39 is 23.6 Å². The van der Waals surface area contributed by atoms with Gasteiger partial charge < -0.3 is 30.2 Å². The number of rotatable bonds is 7. The van der Waals surface area contributed by atoms with E-state index in [1.165, 1.54) is 24.1 Å². The van der Waals surface area contributed by atoms with Crippen molar-refractivity contribution in [3.8, 4) is 5.69 Å². The number of imidazole rings is 1. The number of aromatic nitrogens is 3. The topological polar surface area (TPSA) is 130 Å². The van der Waals surface area contributed by atoms with Gasteiger partial charge in [0.15, 0.2) is 0 Å². The number of nitrogens with zero attached hydrogens (tertiary/aromatic N) is 2. The maximum atomic E-state index is 13.7. The second-order valence-corrected chi connectivity index (χ2v) is 10.5. The van der Waals surface area contributed by atoms with E-state index in [-0.39, 0.29) is 22.9 Å². The fraction of sp³-hybridized carbons (Fsp3) is 0.0909. The molecule has 0 aliphatic carbocycles. The number of nitrogens with one attached hydrogen (secondary N) is 4. The van der Waals surface area contributed by atoms with Gasteiger partial charge in [-0.25, -0.2) is 9.78 Å². The fourth-order valence-corrected chi connectivity index (χ4v) is 4.97. The van der Waals surface area contributed by atoms with Crippen molar-refractivity contribution in [3.05, 3.63) is 119 Å². The number of benzene rings is 3. The lowest BCUT2D eigenvalue weighted by atomic mass is 10.0. The van der Waals surface area contributed by atoms with Crippen molar-refractivity contribution in [3.63, 3.8) is 0 Å². The average molecular weight is 627 g/mol. The monoisotopic (exact) mass is 626 g/mol. The molecular formula is C33H25F3N6O4. The van der Waals surface area contributed by atoms with E-state index in [1.54, 1.807) is 73.9 Å². The molecule has 0 saturated carbocycles. The molecule has 2 amide bonds. The molecule has 10 nitrogen and oxygen atoms in total. The number of fused-ring (bicyclic) bond motifs is 1. The molecule has 232 valence electrons. The number of ether oxygens (including phenoxy) is 1. The van der Waals surface area contributed by atoms with Crippen molar-refractivity contribution >= 4 is 52.2 Å². The lowest BCUT2D eigenvalue weighted by Gasteiger charge is -2.14. The van der Waals surface area contributed by atoms with Crippen LogP contribution in [-0.2, 0) is 15.7 Å². The Hall–Kier alpha value is -6.11. The molecule has 0 spiro atoms. The summed E-state index contributed by atoms with van der Waals surface area (Å²) in [6.45, 7) is 1.71. The highest BCUT2D eigenvalue weighted by Gasteiger charge is 2.32. The van der Waals surface area contributed by atoms with Gasteiger partial charge in [-0.15, -0.1) is 0 Å². The molecule has 3 heterocycles. The quantitative estimate of drug-likeness (QED) is 0.116. The van der Waals surface area contributed by atoms with E-state index in [1.807, 2.05) is 0 Å². The summed E-state index contributed by atoms with van der Waals surface area (Å²) < 4.78 is 47.1. The van der Waals surface area contributed by atoms with Crippen molar-refractivity contribution in [1.29, 1.82) is 0 Å². The van der Waals surface area contributed by atoms with Crippen LogP contribution in [-0.4, -0.2) is 39.4 Å². The summed E-state index contributed by atoms with van der Waals surface area (Å²) in [4.78, 5) is 44.5. The van der Waals surface area contributed by atoms with Crippen LogP contribution in [0, 0.1) is 6.92 Å². The molecule has 0 unspecified atom stereocenters. The number of carbonyl (C=O) groups is 3. The molecule has 6 rings (SSSR count). The summed E-state index contributed by atoms with van der Waals surface area (Å²) in [6, 6.07) is 16.7. The highest BCUT2D eigenvalue weighted by molar-refractivity contribution is 6.35. The summed E-state index contributed by atoms with van der Waals surface area (Å²) in [6.07, 6.45) is 1.55. The molecule has 3 aromatic carbocycles. The SMILES string of the molecule is COC(=O)c1cc(/C=C2\C(=O)Nc3cc(Nc4cccc(NC(=O)c5cc(-n6cnc(C)c6)cc(C(F)(F)F)c5)c4)ccc32)c[nH]1. The molecule has 1 aliphatic heterocycles. The molecule has 13 heteroatoms. The minimum Gasteiger partial charge on any atom is -0.464 e. The van der Waals surface area contributed by atoms with Crippen LogP contribution < -0.4 is 16.0 Å². The van der Waals surface area contributed by atoms with Gasteiger partial charge >= 0.3 is 12.1 Å². The molecule has 0 bridgehead atoms. The maximum absolute atomic E-state index is 13.7. The number of anilines is 4. The zero-order valence-corrected chi connectivity index (χ0v) is 24.3. The Labute approximate surface area is 259 Å². The van der Waals surface area contributed by atoms with Crippen molar-refractivity contribution in [2.45, 2.75) is 13.1 Å². The summed E-state index contributed by atoms with van der Waals surface area (Å²) in [5, 5.41) is 8.71. The number of halogens is 3. The van der Waals surface area contributed by atoms with Gasteiger partial charge in [-0.05, 0) is 73.2 Å². The van der Waals surface area contributed by atoms with Crippen molar-refractivity contribution in [2.24, 2.45) is 0 Å². The lowest BCUT2D eigenvalue weighted by molar-refractivity contribution is -0.137.